The van der Waals surface area contributed by atoms with E-state index < -0.39 is 0 Å². The second-order valence-corrected chi connectivity index (χ2v) is 9.43. The molecule has 0 spiro atoms. The van der Waals surface area contributed by atoms with E-state index in [2.05, 4.69) is 46.1 Å². The summed E-state index contributed by atoms with van der Waals surface area (Å²) in [5, 5.41) is 4.90. The van der Waals surface area contributed by atoms with Gasteiger partial charge in [-0.2, -0.15) is 5.10 Å². The van der Waals surface area contributed by atoms with Crippen LogP contribution in [0.1, 0.15) is 30.7 Å². The third-order valence-electron chi connectivity index (χ3n) is 6.08. The highest BCUT2D eigenvalue weighted by molar-refractivity contribution is 9.10. The zero-order valence-corrected chi connectivity index (χ0v) is 21.0. The molecule has 1 aliphatic heterocycles. The summed E-state index contributed by atoms with van der Waals surface area (Å²) in [5.41, 5.74) is 11.3. The molecule has 3 aromatic carbocycles. The first kappa shape index (κ1) is 23.2. The van der Waals surface area contributed by atoms with Gasteiger partial charge in [0.2, 0.25) is 6.23 Å². The molecule has 0 aliphatic carbocycles. The molecule has 0 fully saturated rings. The van der Waals surface area contributed by atoms with Crippen LogP contribution in [0, 0.1) is 5.82 Å². The third-order valence-corrected chi connectivity index (χ3v) is 6.61. The summed E-state index contributed by atoms with van der Waals surface area (Å²) in [6.45, 7) is 2.85. The third kappa shape index (κ3) is 5.10. The number of nitrogen functional groups attached to an aromatic ring is 1. The quantitative estimate of drug-likeness (QED) is 0.264. The molecule has 35 heavy (non-hydrogen) atoms. The molecule has 1 unspecified atom stereocenters. The van der Waals surface area contributed by atoms with Gasteiger partial charge in [0.1, 0.15) is 17.3 Å². The van der Waals surface area contributed by atoms with Crippen LogP contribution in [0.3, 0.4) is 0 Å². The van der Waals surface area contributed by atoms with Gasteiger partial charge in [0.05, 0.1) is 11.3 Å². The monoisotopic (exact) mass is 532 g/mol. The highest BCUT2D eigenvalue weighted by atomic mass is 79.9. The lowest BCUT2D eigenvalue weighted by Crippen LogP contribution is -2.23. The van der Waals surface area contributed by atoms with E-state index in [0.29, 0.717) is 0 Å². The Kier molecular flexibility index (Phi) is 6.59. The fourth-order valence-electron chi connectivity index (χ4n) is 4.16. The van der Waals surface area contributed by atoms with E-state index >= 15 is 0 Å². The Balaban J connectivity index is 1.51. The van der Waals surface area contributed by atoms with Crippen LogP contribution in [0.4, 0.5) is 10.1 Å². The van der Waals surface area contributed by atoms with E-state index in [9.17, 15) is 4.39 Å². The summed E-state index contributed by atoms with van der Waals surface area (Å²) in [6, 6.07) is 22.4. The van der Waals surface area contributed by atoms with Gasteiger partial charge in [-0.15, -0.1) is 0 Å². The molecule has 7 heteroatoms. The minimum absolute atomic E-state index is 0.278. The van der Waals surface area contributed by atoms with E-state index in [1.807, 2.05) is 47.3 Å². The number of nitrogens with zero attached hydrogens (tertiary/aromatic N) is 3. The van der Waals surface area contributed by atoms with Gasteiger partial charge in [-0.1, -0.05) is 35.0 Å². The predicted molar refractivity (Wildman–Crippen MR) is 140 cm³/mol. The van der Waals surface area contributed by atoms with Gasteiger partial charge < -0.3 is 15.4 Å². The van der Waals surface area contributed by atoms with Gasteiger partial charge in [-0.25, -0.2) is 9.07 Å². The Morgan fingerprint density at radius 2 is 1.71 bits per heavy atom. The molecule has 4 aromatic rings. The molecule has 0 saturated carbocycles. The number of hydrogen-bond donors (Lipinski definition) is 1. The molecule has 1 atom stereocenters. The fraction of sp³-hybridized carbons (Fsp3) is 0.179. The van der Waals surface area contributed by atoms with E-state index in [-0.39, 0.29) is 12.0 Å². The largest absolute Gasteiger partial charge is 0.469 e. The molecule has 2 N–H and O–H groups in total. The molecule has 0 saturated heterocycles. The van der Waals surface area contributed by atoms with Crippen molar-refractivity contribution >= 4 is 21.6 Å². The van der Waals surface area contributed by atoms with E-state index in [0.717, 1.165) is 57.8 Å². The van der Waals surface area contributed by atoms with Crippen molar-refractivity contribution in [3.05, 3.63) is 112 Å². The van der Waals surface area contributed by atoms with Crippen LogP contribution in [0.5, 0.6) is 0 Å². The van der Waals surface area contributed by atoms with Gasteiger partial charge in [0.15, 0.2) is 0 Å². The van der Waals surface area contributed by atoms with Gasteiger partial charge >= 0.3 is 0 Å². The zero-order chi connectivity index (χ0) is 24.4. The standard InChI is InChI=1S/C28H26BrFN4O/c1-2-25-17-33(16-15-19-3-11-23(31)12-4-19)28(35-25)26-18-34(24-13-7-21(29)8-14-24)32-27(26)20-5-9-22(30)10-6-20/h3-14,17-18,28H,2,15-16,31H2,1H3. The minimum atomic E-state index is -0.331. The molecule has 5 rings (SSSR count). The maximum atomic E-state index is 13.7. The molecule has 2 heterocycles. The summed E-state index contributed by atoms with van der Waals surface area (Å²) in [7, 11) is 0. The lowest BCUT2D eigenvalue weighted by Gasteiger charge is -2.24. The lowest BCUT2D eigenvalue weighted by molar-refractivity contribution is 0.0411. The average Bonchev–Trinajstić information content (AvgIpc) is 3.49. The van der Waals surface area contributed by atoms with Crippen molar-refractivity contribution in [1.82, 2.24) is 14.7 Å². The summed E-state index contributed by atoms with van der Waals surface area (Å²) in [6.07, 6.45) is 5.41. The number of hydrogen-bond acceptors (Lipinski definition) is 4. The molecule has 178 valence electrons. The van der Waals surface area contributed by atoms with Crippen LogP contribution in [-0.4, -0.2) is 21.2 Å². The van der Waals surface area contributed by atoms with Gasteiger partial charge in [0.25, 0.3) is 0 Å². The number of halogens is 2. The minimum Gasteiger partial charge on any atom is -0.469 e. The van der Waals surface area contributed by atoms with Crippen LogP contribution in [0.25, 0.3) is 16.9 Å². The summed E-state index contributed by atoms with van der Waals surface area (Å²) >= 11 is 3.49. The van der Waals surface area contributed by atoms with Crippen molar-refractivity contribution in [1.29, 1.82) is 0 Å². The van der Waals surface area contributed by atoms with Crippen LogP contribution < -0.4 is 5.73 Å². The van der Waals surface area contributed by atoms with Crippen molar-refractivity contribution in [3.63, 3.8) is 0 Å². The van der Waals surface area contributed by atoms with Crippen molar-refractivity contribution in [2.75, 3.05) is 12.3 Å². The Hall–Kier alpha value is -3.58. The Morgan fingerprint density at radius 3 is 2.40 bits per heavy atom. The van der Waals surface area contributed by atoms with Crippen LogP contribution in [0.2, 0.25) is 0 Å². The Morgan fingerprint density at radius 1 is 1.00 bits per heavy atom. The number of anilines is 1. The van der Waals surface area contributed by atoms with E-state index in [1.54, 1.807) is 12.1 Å². The second-order valence-electron chi connectivity index (χ2n) is 8.51. The van der Waals surface area contributed by atoms with Gasteiger partial charge in [-0.05, 0) is 72.6 Å². The number of nitrogens with two attached hydrogens (primary N) is 1. The summed E-state index contributed by atoms with van der Waals surface area (Å²) in [4.78, 5) is 2.21. The number of benzene rings is 3. The van der Waals surface area contributed by atoms with Crippen LogP contribution in [-0.2, 0) is 11.2 Å². The Bertz CT molecular complexity index is 1330. The molecule has 5 nitrogen and oxygen atoms in total. The summed E-state index contributed by atoms with van der Waals surface area (Å²) < 4.78 is 22.9. The average molecular weight is 533 g/mol. The first-order valence-electron chi connectivity index (χ1n) is 11.6. The van der Waals surface area contributed by atoms with E-state index in [1.165, 1.54) is 17.7 Å². The Labute approximate surface area is 212 Å². The first-order chi connectivity index (χ1) is 17.0. The maximum absolute atomic E-state index is 13.7. The van der Waals surface area contributed by atoms with Gasteiger partial charge in [0, 0.05) is 41.1 Å². The molecule has 0 radical (unpaired) electrons. The second kappa shape index (κ2) is 9.96. The highest BCUT2D eigenvalue weighted by Gasteiger charge is 2.31. The smallest absolute Gasteiger partial charge is 0.201 e. The predicted octanol–water partition coefficient (Wildman–Crippen LogP) is 6.85. The number of allylic oxidation sites excluding steroid dienone is 1. The van der Waals surface area contributed by atoms with Crippen molar-refractivity contribution in [2.45, 2.75) is 26.0 Å². The SMILES string of the molecule is CCC1=CN(CCc2ccc(N)cc2)C(c2cn(-c3ccc(Br)cc3)nc2-c2ccc(F)cc2)O1. The molecule has 1 aliphatic rings. The van der Waals surface area contributed by atoms with Crippen molar-refractivity contribution in [3.8, 4) is 16.9 Å². The van der Waals surface area contributed by atoms with Crippen molar-refractivity contribution < 1.29 is 9.13 Å². The molecule has 0 bridgehead atoms. The highest BCUT2D eigenvalue weighted by Crippen LogP contribution is 2.38. The zero-order valence-electron chi connectivity index (χ0n) is 19.4. The van der Waals surface area contributed by atoms with Crippen LogP contribution >= 0.6 is 15.9 Å². The summed E-state index contributed by atoms with van der Waals surface area (Å²) in [5.74, 6) is 0.647. The van der Waals surface area contributed by atoms with Crippen molar-refractivity contribution in [2.24, 2.45) is 0 Å². The fourth-order valence-corrected chi connectivity index (χ4v) is 4.43. The molecular formula is C28H26BrFN4O. The molecule has 0 amide bonds. The molecule has 1 aromatic heterocycles. The number of rotatable bonds is 7. The first-order valence-corrected chi connectivity index (χ1v) is 12.4. The number of ether oxygens (including phenoxy) is 1. The lowest BCUT2D eigenvalue weighted by atomic mass is 10.1. The maximum Gasteiger partial charge on any atom is 0.201 e. The van der Waals surface area contributed by atoms with E-state index in [4.69, 9.17) is 15.6 Å². The van der Waals surface area contributed by atoms with Gasteiger partial charge in [-0.3, -0.25) is 0 Å². The normalized spacial score (nSPS) is 15.2. The molecular weight excluding hydrogens is 507 g/mol. The number of aromatic nitrogens is 2. The topological polar surface area (TPSA) is 56.3 Å². The van der Waals surface area contributed by atoms with Crippen LogP contribution in [0.15, 0.2) is 95.4 Å².